The second-order valence-corrected chi connectivity index (χ2v) is 6.63. The van der Waals surface area contributed by atoms with E-state index in [1.54, 1.807) is 11.1 Å². The van der Waals surface area contributed by atoms with Crippen molar-refractivity contribution in [3.63, 3.8) is 0 Å². The Kier molecular flexibility index (Phi) is 6.33. The van der Waals surface area contributed by atoms with Crippen LogP contribution in [0.15, 0.2) is 48.5 Å². The van der Waals surface area contributed by atoms with Crippen molar-refractivity contribution in [1.82, 2.24) is 4.90 Å². The summed E-state index contributed by atoms with van der Waals surface area (Å²) in [4.78, 5) is 2.00. The van der Waals surface area contributed by atoms with Gasteiger partial charge in [-0.15, -0.1) is 0 Å². The summed E-state index contributed by atoms with van der Waals surface area (Å²) in [5.41, 5.74) is 3.17. The summed E-state index contributed by atoms with van der Waals surface area (Å²) in [6.07, 6.45) is 5.22. The smallest absolute Gasteiger partial charge is 0 e. The summed E-state index contributed by atoms with van der Waals surface area (Å²) in [7, 11) is 6.00. The van der Waals surface area contributed by atoms with Crippen LogP contribution in [0.5, 0.6) is 0 Å². The van der Waals surface area contributed by atoms with E-state index in [4.69, 9.17) is 0 Å². The molecule has 0 N–H and O–H groups in total. The maximum absolute atomic E-state index is 2.35. The van der Waals surface area contributed by atoms with E-state index in [2.05, 4.69) is 48.5 Å². The van der Waals surface area contributed by atoms with Gasteiger partial charge in [0, 0.05) is 19.5 Å². The first-order valence-corrected chi connectivity index (χ1v) is 8.20. The Hall–Kier alpha value is -1.24. The van der Waals surface area contributed by atoms with Crippen LogP contribution in [0, 0.1) is 0 Å². The molecular formula is C21H25NZn. The van der Waals surface area contributed by atoms with Gasteiger partial charge >= 0.3 is 0 Å². The molecule has 0 radical (unpaired) electrons. The van der Waals surface area contributed by atoms with Crippen molar-refractivity contribution in [2.24, 2.45) is 0 Å². The SMILES string of the molecule is CN(C)C.[Zn].c1ccc2c(c1)ccc1c3c(ccc12)CCCC3. The molecule has 0 fully saturated rings. The zero-order valence-corrected chi connectivity index (χ0v) is 17.6. The fraction of sp³-hybridized carbons (Fsp3) is 0.333. The van der Waals surface area contributed by atoms with Crippen molar-refractivity contribution >= 4 is 21.5 Å². The van der Waals surface area contributed by atoms with Crippen LogP contribution in [0.3, 0.4) is 0 Å². The Balaban J connectivity index is 0.000000349. The van der Waals surface area contributed by atoms with Gasteiger partial charge in [-0.25, -0.2) is 0 Å². The Bertz CT molecular complexity index is 790. The molecule has 1 nitrogen and oxygen atoms in total. The zero-order chi connectivity index (χ0) is 15.5. The third-order valence-electron chi connectivity index (χ3n) is 4.26. The van der Waals surface area contributed by atoms with E-state index in [0.29, 0.717) is 0 Å². The van der Waals surface area contributed by atoms with Crippen LogP contribution in [0.2, 0.25) is 0 Å². The van der Waals surface area contributed by atoms with Gasteiger partial charge in [0.25, 0.3) is 0 Å². The largest absolute Gasteiger partial charge is 0.312 e. The van der Waals surface area contributed by atoms with E-state index in [1.165, 1.54) is 47.2 Å². The molecule has 0 bridgehead atoms. The van der Waals surface area contributed by atoms with E-state index >= 15 is 0 Å². The van der Waals surface area contributed by atoms with Crippen LogP contribution in [-0.4, -0.2) is 26.0 Å². The molecule has 1 aliphatic rings. The second-order valence-electron chi connectivity index (χ2n) is 6.63. The predicted molar refractivity (Wildman–Crippen MR) is 97.7 cm³/mol. The normalized spacial score (nSPS) is 13.2. The fourth-order valence-electron chi connectivity index (χ4n) is 3.34. The molecule has 4 rings (SSSR count). The van der Waals surface area contributed by atoms with Gasteiger partial charge in [0.05, 0.1) is 0 Å². The minimum Gasteiger partial charge on any atom is -0.312 e. The number of nitrogens with zero attached hydrogens (tertiary/aromatic N) is 1. The summed E-state index contributed by atoms with van der Waals surface area (Å²) >= 11 is 0. The number of hydrogen-bond donors (Lipinski definition) is 0. The Morgan fingerprint density at radius 3 is 2.13 bits per heavy atom. The van der Waals surface area contributed by atoms with Crippen molar-refractivity contribution in [3.8, 4) is 0 Å². The molecule has 0 saturated heterocycles. The number of fused-ring (bicyclic) bond motifs is 5. The first-order valence-electron chi connectivity index (χ1n) is 8.20. The maximum atomic E-state index is 2.35. The molecule has 0 aromatic heterocycles. The van der Waals surface area contributed by atoms with Crippen LogP contribution in [0.4, 0.5) is 0 Å². The molecule has 116 valence electrons. The first-order chi connectivity index (χ1) is 10.7. The van der Waals surface area contributed by atoms with Gasteiger partial charge in [-0.05, 0) is 79.5 Å². The topological polar surface area (TPSA) is 3.24 Å². The number of hydrogen-bond acceptors (Lipinski definition) is 1. The minimum absolute atomic E-state index is 0. The summed E-state index contributed by atoms with van der Waals surface area (Å²) in [6, 6.07) is 18.0. The molecular weight excluding hydrogens is 332 g/mol. The summed E-state index contributed by atoms with van der Waals surface area (Å²) in [5.74, 6) is 0. The molecule has 0 amide bonds. The number of aryl methyl sites for hydroxylation is 2. The molecule has 1 aliphatic carbocycles. The van der Waals surface area contributed by atoms with Gasteiger partial charge in [0.2, 0.25) is 0 Å². The average Bonchev–Trinajstić information content (AvgIpc) is 2.54. The van der Waals surface area contributed by atoms with Crippen LogP contribution in [0.25, 0.3) is 21.5 Å². The van der Waals surface area contributed by atoms with Crippen molar-refractivity contribution in [3.05, 3.63) is 59.7 Å². The van der Waals surface area contributed by atoms with Crippen LogP contribution >= 0.6 is 0 Å². The first kappa shape index (κ1) is 18.1. The monoisotopic (exact) mass is 355 g/mol. The van der Waals surface area contributed by atoms with Crippen molar-refractivity contribution < 1.29 is 19.5 Å². The Morgan fingerprint density at radius 2 is 1.35 bits per heavy atom. The van der Waals surface area contributed by atoms with Crippen molar-refractivity contribution in [1.29, 1.82) is 0 Å². The van der Waals surface area contributed by atoms with Gasteiger partial charge in [-0.3, -0.25) is 0 Å². The molecule has 0 saturated carbocycles. The molecule has 0 atom stereocenters. The average molecular weight is 357 g/mol. The molecule has 3 aromatic carbocycles. The summed E-state index contributed by atoms with van der Waals surface area (Å²) < 4.78 is 0. The summed E-state index contributed by atoms with van der Waals surface area (Å²) in [6.45, 7) is 0. The third-order valence-corrected chi connectivity index (χ3v) is 4.26. The van der Waals surface area contributed by atoms with E-state index in [1.807, 2.05) is 26.0 Å². The molecule has 0 unspecified atom stereocenters. The van der Waals surface area contributed by atoms with Gasteiger partial charge in [-0.1, -0.05) is 48.5 Å². The molecule has 3 aromatic rings. The predicted octanol–water partition coefficient (Wildman–Crippen LogP) is 5.05. The third kappa shape index (κ3) is 4.00. The van der Waals surface area contributed by atoms with Crippen molar-refractivity contribution in [2.75, 3.05) is 21.1 Å². The van der Waals surface area contributed by atoms with Crippen LogP contribution < -0.4 is 0 Å². The second kappa shape index (κ2) is 8.04. The van der Waals surface area contributed by atoms with Gasteiger partial charge in [-0.2, -0.15) is 0 Å². The van der Waals surface area contributed by atoms with Crippen molar-refractivity contribution in [2.45, 2.75) is 25.7 Å². The Morgan fingerprint density at radius 1 is 0.696 bits per heavy atom. The van der Waals surface area contributed by atoms with E-state index in [9.17, 15) is 0 Å². The maximum Gasteiger partial charge on any atom is 0 e. The quantitative estimate of drug-likeness (QED) is 0.402. The molecule has 0 spiro atoms. The molecule has 2 heteroatoms. The number of rotatable bonds is 0. The molecule has 0 heterocycles. The zero-order valence-electron chi connectivity index (χ0n) is 14.6. The number of benzene rings is 3. The van der Waals surface area contributed by atoms with Crippen LogP contribution in [0.1, 0.15) is 24.0 Å². The Labute approximate surface area is 152 Å². The van der Waals surface area contributed by atoms with Crippen LogP contribution in [-0.2, 0) is 32.3 Å². The van der Waals surface area contributed by atoms with Gasteiger partial charge in [0.15, 0.2) is 0 Å². The van der Waals surface area contributed by atoms with Gasteiger partial charge in [0.1, 0.15) is 0 Å². The van der Waals surface area contributed by atoms with E-state index in [0.717, 1.165) is 0 Å². The standard InChI is InChI=1S/C18H16.C3H9N.Zn/c1-3-7-15-13(5-1)9-11-18-16-8-4-2-6-14(16)10-12-17(15)18;1-4(2)3;/h1,3,5,7,9-12H,2,4,6,8H2;1-3H3;. The van der Waals surface area contributed by atoms with E-state index < -0.39 is 0 Å². The minimum atomic E-state index is 0. The van der Waals surface area contributed by atoms with E-state index in [-0.39, 0.29) is 19.5 Å². The fourth-order valence-corrected chi connectivity index (χ4v) is 3.34. The molecule has 23 heavy (non-hydrogen) atoms. The summed E-state index contributed by atoms with van der Waals surface area (Å²) in [5, 5.41) is 5.64. The van der Waals surface area contributed by atoms with Gasteiger partial charge < -0.3 is 4.90 Å². The molecule has 0 aliphatic heterocycles.